The predicted molar refractivity (Wildman–Crippen MR) is 84.9 cm³/mol. The minimum Gasteiger partial charge on any atom is -0.378 e. The van der Waals surface area contributed by atoms with E-state index in [1.165, 1.54) is 4.90 Å². The molecular formula is C16H22N3O3+. The van der Waals surface area contributed by atoms with Crippen LogP contribution >= 0.6 is 0 Å². The Morgan fingerprint density at radius 1 is 1.32 bits per heavy atom. The molecule has 1 fully saturated rings. The third kappa shape index (κ3) is 4.72. The summed E-state index contributed by atoms with van der Waals surface area (Å²) < 4.78 is 0. The van der Waals surface area contributed by atoms with Crippen LogP contribution in [0.3, 0.4) is 0 Å². The Hall–Kier alpha value is -2.10. The fraction of sp³-hybridized carbons (Fsp3) is 0.500. The molecule has 6 heteroatoms. The monoisotopic (exact) mass is 304 g/mol. The second kappa shape index (κ2) is 6.77. The molecule has 0 amide bonds. The van der Waals surface area contributed by atoms with Crippen molar-refractivity contribution >= 4 is 11.4 Å². The predicted octanol–water partition coefficient (Wildman–Crippen LogP) is 0.0740. The second-order valence-corrected chi connectivity index (χ2v) is 6.05. The summed E-state index contributed by atoms with van der Waals surface area (Å²) in [6.45, 7) is 7.84. The summed E-state index contributed by atoms with van der Waals surface area (Å²) in [6, 6.07) is 6.70. The lowest BCUT2D eigenvalue weighted by Gasteiger charge is -2.32. The van der Waals surface area contributed by atoms with Gasteiger partial charge in [0.1, 0.15) is 12.1 Å². The third-order valence-electron chi connectivity index (χ3n) is 3.63. The van der Waals surface area contributed by atoms with Gasteiger partial charge in [-0.3, -0.25) is 10.1 Å². The van der Waals surface area contributed by atoms with Gasteiger partial charge in [-0.1, -0.05) is 5.92 Å². The van der Waals surface area contributed by atoms with Crippen LogP contribution in [0.2, 0.25) is 0 Å². The van der Waals surface area contributed by atoms with Crippen molar-refractivity contribution in [2.45, 2.75) is 19.4 Å². The lowest BCUT2D eigenvalue weighted by molar-refractivity contribution is -0.893. The minimum absolute atomic E-state index is 0.120. The number of anilines is 1. The lowest BCUT2D eigenvalue weighted by Crippen LogP contribution is -3.14. The van der Waals surface area contributed by atoms with E-state index in [1.807, 2.05) is 0 Å². The van der Waals surface area contributed by atoms with E-state index >= 15 is 0 Å². The summed E-state index contributed by atoms with van der Waals surface area (Å²) >= 11 is 0. The zero-order valence-corrected chi connectivity index (χ0v) is 13.0. The van der Waals surface area contributed by atoms with E-state index in [0.717, 1.165) is 38.4 Å². The number of quaternary nitrogens is 1. The molecule has 1 aromatic rings. The number of hydrogen-bond acceptors (Lipinski definition) is 4. The van der Waals surface area contributed by atoms with Crippen LogP contribution in [0.25, 0.3) is 0 Å². The number of nitro groups is 1. The van der Waals surface area contributed by atoms with E-state index in [4.69, 9.17) is 0 Å². The van der Waals surface area contributed by atoms with Crippen molar-refractivity contribution in [2.24, 2.45) is 0 Å². The first-order valence-electron chi connectivity index (χ1n) is 7.40. The van der Waals surface area contributed by atoms with Crippen LogP contribution in [0.15, 0.2) is 24.3 Å². The Bertz CT molecular complexity index is 573. The molecule has 0 saturated carbocycles. The van der Waals surface area contributed by atoms with E-state index in [2.05, 4.69) is 16.7 Å². The molecule has 2 rings (SSSR count). The molecule has 0 spiro atoms. The molecule has 0 unspecified atom stereocenters. The van der Waals surface area contributed by atoms with Gasteiger partial charge >= 0.3 is 0 Å². The van der Waals surface area contributed by atoms with Crippen LogP contribution in [0, 0.1) is 22.0 Å². The molecule has 0 aliphatic carbocycles. The second-order valence-electron chi connectivity index (χ2n) is 6.05. The van der Waals surface area contributed by atoms with Crippen molar-refractivity contribution in [1.82, 2.24) is 0 Å². The number of nitrogens with zero attached hydrogens (tertiary/aromatic N) is 2. The molecule has 118 valence electrons. The number of benzene rings is 1. The van der Waals surface area contributed by atoms with Crippen molar-refractivity contribution < 1.29 is 14.9 Å². The summed E-state index contributed by atoms with van der Waals surface area (Å²) in [5.74, 6) is 5.88. The van der Waals surface area contributed by atoms with Crippen LogP contribution in [0.4, 0.5) is 11.4 Å². The first-order valence-corrected chi connectivity index (χ1v) is 7.40. The molecule has 1 heterocycles. The molecule has 2 N–H and O–H groups in total. The van der Waals surface area contributed by atoms with E-state index in [0.29, 0.717) is 0 Å². The topological polar surface area (TPSA) is 71.0 Å². The lowest BCUT2D eigenvalue weighted by atomic mass is 10.1. The quantitative estimate of drug-likeness (QED) is 0.471. The van der Waals surface area contributed by atoms with Crippen molar-refractivity contribution in [1.29, 1.82) is 0 Å². The number of rotatable bonds is 3. The molecule has 0 atom stereocenters. The molecule has 1 aliphatic heterocycles. The molecule has 22 heavy (non-hydrogen) atoms. The van der Waals surface area contributed by atoms with Crippen molar-refractivity contribution in [3.8, 4) is 11.8 Å². The first kappa shape index (κ1) is 16.3. The average molecular weight is 304 g/mol. The molecule has 0 radical (unpaired) electrons. The van der Waals surface area contributed by atoms with E-state index in [9.17, 15) is 15.2 Å². The van der Waals surface area contributed by atoms with Gasteiger partial charge in [-0.15, -0.1) is 0 Å². The number of nitro benzene ring substituents is 1. The highest BCUT2D eigenvalue weighted by molar-refractivity contribution is 5.51. The molecule has 0 bridgehead atoms. The van der Waals surface area contributed by atoms with Gasteiger partial charge < -0.3 is 14.9 Å². The van der Waals surface area contributed by atoms with E-state index in [-0.39, 0.29) is 10.6 Å². The molecule has 1 aromatic carbocycles. The van der Waals surface area contributed by atoms with Gasteiger partial charge in [0.25, 0.3) is 5.69 Å². The summed E-state index contributed by atoms with van der Waals surface area (Å²) in [5, 5.41) is 20.2. The largest absolute Gasteiger partial charge is 0.378 e. The Morgan fingerprint density at radius 2 is 1.91 bits per heavy atom. The summed E-state index contributed by atoms with van der Waals surface area (Å²) in [6.07, 6.45) is 0. The minimum atomic E-state index is -0.931. The maximum atomic E-state index is 10.7. The highest BCUT2D eigenvalue weighted by Crippen LogP contribution is 2.19. The van der Waals surface area contributed by atoms with E-state index < -0.39 is 5.60 Å². The van der Waals surface area contributed by atoms with Crippen LogP contribution in [-0.2, 0) is 0 Å². The number of nitrogens with one attached hydrogen (secondary N) is 1. The maximum absolute atomic E-state index is 10.7. The van der Waals surface area contributed by atoms with Gasteiger partial charge in [0.05, 0.1) is 31.1 Å². The summed E-state index contributed by atoms with van der Waals surface area (Å²) in [5.41, 5.74) is 0.210. The average Bonchev–Trinajstić information content (AvgIpc) is 2.47. The van der Waals surface area contributed by atoms with Gasteiger partial charge in [0.15, 0.2) is 0 Å². The Kier molecular flexibility index (Phi) is 5.01. The highest BCUT2D eigenvalue weighted by atomic mass is 16.6. The highest BCUT2D eigenvalue weighted by Gasteiger charge is 2.20. The normalized spacial score (nSPS) is 16.0. The maximum Gasteiger partial charge on any atom is 0.269 e. The standard InChI is InChI=1S/C16H21N3O3/c1-16(2,20)8-3-9-17-10-12-18(13-11-17)14-4-6-15(7-5-14)19(21)22/h4-7,20H,9-13H2,1-2H3/p+1. The van der Waals surface area contributed by atoms with Crippen molar-refractivity contribution in [2.75, 3.05) is 37.6 Å². The molecule has 0 aromatic heterocycles. The zero-order valence-electron chi connectivity index (χ0n) is 13.0. The number of aliphatic hydroxyl groups is 1. The fourth-order valence-corrected chi connectivity index (χ4v) is 2.43. The fourth-order valence-electron chi connectivity index (χ4n) is 2.43. The SMILES string of the molecule is CC(C)(O)C#CC[NH+]1CCN(c2ccc([N+](=O)[O-])cc2)CC1. The van der Waals surface area contributed by atoms with Crippen molar-refractivity contribution in [3.63, 3.8) is 0 Å². The smallest absolute Gasteiger partial charge is 0.269 e. The number of non-ortho nitro benzene ring substituents is 1. The van der Waals surface area contributed by atoms with Crippen LogP contribution < -0.4 is 9.80 Å². The van der Waals surface area contributed by atoms with Crippen LogP contribution in [0.1, 0.15) is 13.8 Å². The molecule has 1 aliphatic rings. The van der Waals surface area contributed by atoms with Crippen LogP contribution in [-0.4, -0.2) is 48.4 Å². The van der Waals surface area contributed by atoms with Gasteiger partial charge in [-0.25, -0.2) is 0 Å². The summed E-state index contributed by atoms with van der Waals surface area (Å²) in [7, 11) is 0. The Balaban J connectivity index is 1.86. The third-order valence-corrected chi connectivity index (χ3v) is 3.63. The molecule has 1 saturated heterocycles. The van der Waals surface area contributed by atoms with Gasteiger partial charge in [0, 0.05) is 17.8 Å². The molecule has 6 nitrogen and oxygen atoms in total. The number of piperazine rings is 1. The Labute approximate surface area is 130 Å². The zero-order chi connectivity index (χ0) is 16.2. The van der Waals surface area contributed by atoms with Gasteiger partial charge in [-0.2, -0.15) is 0 Å². The number of hydrogen-bond donors (Lipinski definition) is 2. The van der Waals surface area contributed by atoms with E-state index in [1.54, 1.807) is 38.1 Å². The van der Waals surface area contributed by atoms with Gasteiger partial charge in [0.2, 0.25) is 0 Å². The Morgan fingerprint density at radius 3 is 2.41 bits per heavy atom. The molecular weight excluding hydrogens is 282 g/mol. The summed E-state index contributed by atoms with van der Waals surface area (Å²) in [4.78, 5) is 13.9. The van der Waals surface area contributed by atoms with Crippen LogP contribution in [0.5, 0.6) is 0 Å². The van der Waals surface area contributed by atoms with Crippen molar-refractivity contribution in [3.05, 3.63) is 34.4 Å². The first-order chi connectivity index (χ1) is 10.3. The van der Waals surface area contributed by atoms with Gasteiger partial charge in [-0.05, 0) is 31.9 Å².